The molecule has 2 amide bonds. The highest BCUT2D eigenvalue weighted by Crippen LogP contribution is 2.21. The number of pyridine rings is 1. The summed E-state index contributed by atoms with van der Waals surface area (Å²) in [6.07, 6.45) is 4.79. The van der Waals surface area contributed by atoms with Crippen molar-refractivity contribution >= 4 is 11.7 Å². The van der Waals surface area contributed by atoms with Crippen molar-refractivity contribution in [2.75, 3.05) is 18.4 Å². The maximum Gasteiger partial charge on any atom is 0.387 e. The minimum atomic E-state index is -2.90. The van der Waals surface area contributed by atoms with E-state index in [2.05, 4.69) is 15.0 Å². The zero-order chi connectivity index (χ0) is 18.4. The van der Waals surface area contributed by atoms with Crippen LogP contribution in [0.2, 0.25) is 0 Å². The average Bonchev–Trinajstić information content (AvgIpc) is 2.63. The molecule has 0 radical (unpaired) electrons. The van der Waals surface area contributed by atoms with E-state index in [1.165, 1.54) is 12.1 Å². The molecule has 1 aromatic heterocycles. The Hall–Kier alpha value is -2.90. The molecular formula is C18H19F2N3O3. The van der Waals surface area contributed by atoms with Crippen molar-refractivity contribution in [2.45, 2.75) is 25.6 Å². The molecule has 0 bridgehead atoms. The normalized spacial score (nSPS) is 15.0. The largest absolute Gasteiger partial charge is 0.489 e. The van der Waals surface area contributed by atoms with Crippen molar-refractivity contribution in [3.05, 3.63) is 48.8 Å². The summed E-state index contributed by atoms with van der Waals surface area (Å²) in [7, 11) is 0. The number of urea groups is 1. The fraction of sp³-hybridized carbons (Fsp3) is 0.333. The summed E-state index contributed by atoms with van der Waals surface area (Å²) in [5.41, 5.74) is 0.405. The number of nitrogens with one attached hydrogen (secondary N) is 1. The highest BCUT2D eigenvalue weighted by atomic mass is 19.3. The predicted octanol–water partition coefficient (Wildman–Crippen LogP) is 3.76. The van der Waals surface area contributed by atoms with E-state index in [4.69, 9.17) is 4.74 Å². The average molecular weight is 363 g/mol. The minimum absolute atomic E-state index is 0.00128. The molecule has 8 heteroatoms. The molecule has 3 rings (SSSR count). The van der Waals surface area contributed by atoms with E-state index in [1.54, 1.807) is 29.4 Å². The van der Waals surface area contributed by atoms with Crippen LogP contribution in [0.5, 0.6) is 11.5 Å². The molecule has 1 fully saturated rings. The number of carbonyl (C=O) groups excluding carboxylic acids is 1. The molecule has 2 aromatic rings. The van der Waals surface area contributed by atoms with Gasteiger partial charge in [0, 0.05) is 43.9 Å². The number of likely N-dealkylation sites (tertiary alicyclic amines) is 1. The van der Waals surface area contributed by atoms with Gasteiger partial charge in [0.2, 0.25) is 0 Å². The molecule has 0 saturated carbocycles. The highest BCUT2D eigenvalue weighted by Gasteiger charge is 2.24. The Bertz CT molecular complexity index is 723. The zero-order valence-electron chi connectivity index (χ0n) is 14.0. The first-order chi connectivity index (χ1) is 12.6. The molecule has 1 aliphatic heterocycles. The molecule has 0 aliphatic carbocycles. The number of halogens is 2. The monoisotopic (exact) mass is 363 g/mol. The van der Waals surface area contributed by atoms with E-state index < -0.39 is 6.61 Å². The van der Waals surface area contributed by atoms with Gasteiger partial charge in [0.05, 0.1) is 6.20 Å². The van der Waals surface area contributed by atoms with Gasteiger partial charge >= 0.3 is 12.6 Å². The SMILES string of the molecule is O=C(Nc1cccc(OC(F)F)c1)N1CCC(Oc2cccnc2)CC1. The van der Waals surface area contributed by atoms with Crippen LogP contribution in [0.3, 0.4) is 0 Å². The minimum Gasteiger partial charge on any atom is -0.489 e. The number of hydrogen-bond donors (Lipinski definition) is 1. The van der Waals surface area contributed by atoms with Gasteiger partial charge in [-0.3, -0.25) is 4.98 Å². The van der Waals surface area contributed by atoms with E-state index in [9.17, 15) is 13.6 Å². The number of aromatic nitrogens is 1. The molecule has 2 heterocycles. The third kappa shape index (κ3) is 5.05. The number of rotatable bonds is 5. The number of benzene rings is 1. The van der Waals surface area contributed by atoms with E-state index in [0.29, 0.717) is 37.4 Å². The Labute approximate surface area is 149 Å². The molecule has 0 spiro atoms. The van der Waals surface area contributed by atoms with E-state index in [-0.39, 0.29) is 17.9 Å². The highest BCUT2D eigenvalue weighted by molar-refractivity contribution is 5.89. The smallest absolute Gasteiger partial charge is 0.387 e. The van der Waals surface area contributed by atoms with Gasteiger partial charge in [-0.05, 0) is 24.3 Å². The molecule has 1 N–H and O–H groups in total. The molecule has 1 saturated heterocycles. The number of nitrogens with zero attached hydrogens (tertiary/aromatic N) is 2. The number of piperidine rings is 1. The van der Waals surface area contributed by atoms with Gasteiger partial charge in [0.15, 0.2) is 0 Å². The molecule has 0 unspecified atom stereocenters. The summed E-state index contributed by atoms with van der Waals surface area (Å²) in [5.74, 6) is 0.715. The molecule has 0 atom stereocenters. The maximum atomic E-state index is 12.3. The summed E-state index contributed by atoms with van der Waals surface area (Å²) in [5, 5.41) is 2.70. The van der Waals surface area contributed by atoms with Gasteiger partial charge < -0.3 is 19.7 Å². The second-order valence-electron chi connectivity index (χ2n) is 5.83. The van der Waals surface area contributed by atoms with Crippen LogP contribution in [-0.2, 0) is 0 Å². The lowest BCUT2D eigenvalue weighted by Crippen LogP contribution is -2.43. The standard InChI is InChI=1S/C18H19F2N3O3/c19-17(20)26-15-4-1-3-13(11-15)22-18(24)23-9-6-14(7-10-23)25-16-5-2-8-21-12-16/h1-5,8,11-12,14,17H,6-7,9-10H2,(H,22,24). The molecule has 1 aromatic carbocycles. The molecular weight excluding hydrogens is 344 g/mol. The molecule has 26 heavy (non-hydrogen) atoms. The third-order valence-electron chi connectivity index (χ3n) is 3.98. The van der Waals surface area contributed by atoms with Crippen LogP contribution in [0, 0.1) is 0 Å². The van der Waals surface area contributed by atoms with Crippen LogP contribution in [0.25, 0.3) is 0 Å². The van der Waals surface area contributed by atoms with Crippen LogP contribution >= 0.6 is 0 Å². The predicted molar refractivity (Wildman–Crippen MR) is 91.6 cm³/mol. The Morgan fingerprint density at radius 3 is 2.65 bits per heavy atom. The fourth-order valence-electron chi connectivity index (χ4n) is 2.74. The maximum absolute atomic E-state index is 12.3. The quantitative estimate of drug-likeness (QED) is 0.879. The van der Waals surface area contributed by atoms with Crippen LogP contribution in [0.15, 0.2) is 48.8 Å². The Balaban J connectivity index is 1.49. The molecule has 6 nitrogen and oxygen atoms in total. The van der Waals surface area contributed by atoms with Gasteiger partial charge in [-0.15, -0.1) is 0 Å². The topological polar surface area (TPSA) is 63.7 Å². The van der Waals surface area contributed by atoms with E-state index >= 15 is 0 Å². The number of amides is 2. The van der Waals surface area contributed by atoms with Crippen molar-refractivity contribution in [1.29, 1.82) is 0 Å². The van der Waals surface area contributed by atoms with E-state index in [1.807, 2.05) is 12.1 Å². The van der Waals surface area contributed by atoms with Crippen molar-refractivity contribution in [3.8, 4) is 11.5 Å². The van der Waals surface area contributed by atoms with Crippen molar-refractivity contribution in [3.63, 3.8) is 0 Å². The first-order valence-corrected chi connectivity index (χ1v) is 8.27. The number of anilines is 1. The van der Waals surface area contributed by atoms with Gasteiger partial charge in [-0.25, -0.2) is 4.79 Å². The number of ether oxygens (including phenoxy) is 2. The van der Waals surface area contributed by atoms with Crippen molar-refractivity contribution in [1.82, 2.24) is 9.88 Å². The van der Waals surface area contributed by atoms with Crippen molar-refractivity contribution < 1.29 is 23.0 Å². The third-order valence-corrected chi connectivity index (χ3v) is 3.98. The second-order valence-corrected chi connectivity index (χ2v) is 5.83. The lowest BCUT2D eigenvalue weighted by Gasteiger charge is -2.32. The van der Waals surface area contributed by atoms with Crippen LogP contribution in [0.4, 0.5) is 19.3 Å². The number of alkyl halides is 2. The Morgan fingerprint density at radius 2 is 1.96 bits per heavy atom. The van der Waals surface area contributed by atoms with Gasteiger partial charge in [-0.1, -0.05) is 6.07 Å². The van der Waals surface area contributed by atoms with Gasteiger partial charge in [0.25, 0.3) is 0 Å². The summed E-state index contributed by atoms with van der Waals surface area (Å²) in [4.78, 5) is 18.0. The summed E-state index contributed by atoms with van der Waals surface area (Å²) < 4.78 is 34.7. The van der Waals surface area contributed by atoms with E-state index in [0.717, 1.165) is 0 Å². The fourth-order valence-corrected chi connectivity index (χ4v) is 2.74. The van der Waals surface area contributed by atoms with Crippen LogP contribution < -0.4 is 14.8 Å². The van der Waals surface area contributed by atoms with Crippen molar-refractivity contribution in [2.24, 2.45) is 0 Å². The number of hydrogen-bond acceptors (Lipinski definition) is 4. The molecule has 1 aliphatic rings. The van der Waals surface area contributed by atoms with Crippen LogP contribution in [0.1, 0.15) is 12.8 Å². The zero-order valence-corrected chi connectivity index (χ0v) is 14.0. The lowest BCUT2D eigenvalue weighted by molar-refractivity contribution is -0.0497. The summed E-state index contributed by atoms with van der Waals surface area (Å²) >= 11 is 0. The summed E-state index contributed by atoms with van der Waals surface area (Å²) in [6.45, 7) is -1.81. The summed E-state index contributed by atoms with van der Waals surface area (Å²) in [6, 6.07) is 9.31. The Kier molecular flexibility index (Phi) is 5.83. The van der Waals surface area contributed by atoms with Gasteiger partial charge in [0.1, 0.15) is 17.6 Å². The first-order valence-electron chi connectivity index (χ1n) is 8.27. The first kappa shape index (κ1) is 17.9. The second kappa shape index (κ2) is 8.46. The van der Waals surface area contributed by atoms with Crippen LogP contribution in [-0.4, -0.2) is 41.7 Å². The number of carbonyl (C=O) groups is 1. The molecule has 138 valence electrons. The Morgan fingerprint density at radius 1 is 1.19 bits per heavy atom. The van der Waals surface area contributed by atoms with Gasteiger partial charge in [-0.2, -0.15) is 8.78 Å². The lowest BCUT2D eigenvalue weighted by atomic mass is 10.1.